The summed E-state index contributed by atoms with van der Waals surface area (Å²) in [6.07, 6.45) is 0.256. The molecule has 0 unspecified atom stereocenters. The van der Waals surface area contributed by atoms with E-state index in [1.165, 1.54) is 23.4 Å². The van der Waals surface area contributed by atoms with Gasteiger partial charge in [0.1, 0.15) is 0 Å². The Kier molecular flexibility index (Phi) is 4.51. The van der Waals surface area contributed by atoms with Gasteiger partial charge < -0.3 is 9.72 Å². The largest absolute Gasteiger partial charge is 0.466 e. The number of nitrogens with zero attached hydrogens (tertiary/aromatic N) is 3. The molecule has 0 radical (unpaired) electrons. The van der Waals surface area contributed by atoms with Crippen molar-refractivity contribution in [1.82, 2.24) is 19.1 Å². The van der Waals surface area contributed by atoms with Crippen LogP contribution in [0.4, 0.5) is 0 Å². The summed E-state index contributed by atoms with van der Waals surface area (Å²) >= 11 is 1.30. The molecule has 21 heavy (non-hydrogen) atoms. The average Bonchev–Trinajstić information content (AvgIpc) is 2.87. The summed E-state index contributed by atoms with van der Waals surface area (Å²) in [4.78, 5) is 42.1. The number of ether oxygens (including phenoxy) is 1. The van der Waals surface area contributed by atoms with Crippen LogP contribution in [0.25, 0.3) is 11.2 Å². The van der Waals surface area contributed by atoms with E-state index in [1.54, 1.807) is 14.0 Å². The number of hydrogen-bond donors (Lipinski definition) is 1. The Hall–Kier alpha value is -2.03. The standard InChI is InChI=1S/C12H16N4O4S/c1-4-20-7(17)5-6-21-11-13-8-9(14-11)15(2)12(19)16(3)10(8)18/h4-6H2,1-3H3,(H,13,14). The first-order valence-corrected chi connectivity index (χ1v) is 7.38. The number of esters is 1. The van der Waals surface area contributed by atoms with Crippen molar-refractivity contribution >= 4 is 28.9 Å². The van der Waals surface area contributed by atoms with Gasteiger partial charge >= 0.3 is 11.7 Å². The van der Waals surface area contributed by atoms with Crippen LogP contribution in [0.3, 0.4) is 0 Å². The molecule has 114 valence electrons. The minimum absolute atomic E-state index is 0.256. The van der Waals surface area contributed by atoms with Gasteiger partial charge in [0.15, 0.2) is 16.3 Å². The maximum Gasteiger partial charge on any atom is 0.332 e. The molecular weight excluding hydrogens is 296 g/mol. The lowest BCUT2D eigenvalue weighted by molar-refractivity contribution is -0.142. The van der Waals surface area contributed by atoms with Crippen LogP contribution in [0.1, 0.15) is 13.3 Å². The zero-order valence-corrected chi connectivity index (χ0v) is 12.8. The molecule has 0 aliphatic heterocycles. The van der Waals surface area contributed by atoms with E-state index in [-0.39, 0.29) is 17.9 Å². The van der Waals surface area contributed by atoms with E-state index in [9.17, 15) is 14.4 Å². The number of imidazole rings is 1. The van der Waals surface area contributed by atoms with Crippen molar-refractivity contribution in [2.45, 2.75) is 18.5 Å². The summed E-state index contributed by atoms with van der Waals surface area (Å²) in [5.74, 6) is 0.205. The van der Waals surface area contributed by atoms with E-state index < -0.39 is 11.2 Å². The normalized spacial score (nSPS) is 11.0. The van der Waals surface area contributed by atoms with Crippen LogP contribution in [0, 0.1) is 0 Å². The lowest BCUT2D eigenvalue weighted by Crippen LogP contribution is -2.36. The van der Waals surface area contributed by atoms with E-state index in [0.29, 0.717) is 23.2 Å². The van der Waals surface area contributed by atoms with Crippen LogP contribution in [0.2, 0.25) is 0 Å². The number of rotatable bonds is 5. The molecule has 0 saturated heterocycles. The monoisotopic (exact) mass is 312 g/mol. The summed E-state index contributed by atoms with van der Waals surface area (Å²) in [6, 6.07) is 0. The molecule has 9 heteroatoms. The van der Waals surface area contributed by atoms with Crippen molar-refractivity contribution in [2.24, 2.45) is 14.1 Å². The van der Waals surface area contributed by atoms with Crippen LogP contribution in [0.15, 0.2) is 14.7 Å². The number of carbonyl (C=O) groups is 1. The van der Waals surface area contributed by atoms with Crippen LogP contribution in [-0.2, 0) is 23.6 Å². The van der Waals surface area contributed by atoms with Gasteiger partial charge in [0.05, 0.1) is 13.0 Å². The molecule has 2 aromatic heterocycles. The fraction of sp³-hybridized carbons (Fsp3) is 0.500. The number of H-pyrrole nitrogens is 1. The molecule has 0 aromatic carbocycles. The minimum Gasteiger partial charge on any atom is -0.466 e. The lowest BCUT2D eigenvalue weighted by atomic mass is 10.5. The molecular formula is C12H16N4O4S. The lowest BCUT2D eigenvalue weighted by Gasteiger charge is -2.00. The van der Waals surface area contributed by atoms with Crippen molar-refractivity contribution in [1.29, 1.82) is 0 Å². The highest BCUT2D eigenvalue weighted by molar-refractivity contribution is 7.99. The summed E-state index contributed by atoms with van der Waals surface area (Å²) in [6.45, 7) is 2.10. The van der Waals surface area contributed by atoms with Gasteiger partial charge in [-0.15, -0.1) is 0 Å². The van der Waals surface area contributed by atoms with Crippen molar-refractivity contribution in [3.8, 4) is 0 Å². The molecule has 0 saturated carbocycles. The first kappa shape index (κ1) is 15.4. The molecule has 8 nitrogen and oxygen atoms in total. The minimum atomic E-state index is -0.429. The molecule has 0 atom stereocenters. The highest BCUT2D eigenvalue weighted by Gasteiger charge is 2.13. The van der Waals surface area contributed by atoms with Gasteiger partial charge in [-0.1, -0.05) is 11.8 Å². The summed E-state index contributed by atoms with van der Waals surface area (Å²) in [7, 11) is 2.97. The third kappa shape index (κ3) is 3.02. The molecule has 0 spiro atoms. The highest BCUT2D eigenvalue weighted by Crippen LogP contribution is 2.17. The van der Waals surface area contributed by atoms with E-state index in [1.807, 2.05) is 0 Å². The number of aryl methyl sites for hydroxylation is 1. The van der Waals surface area contributed by atoms with Gasteiger partial charge in [-0.3, -0.25) is 18.7 Å². The van der Waals surface area contributed by atoms with Crippen molar-refractivity contribution in [2.75, 3.05) is 12.4 Å². The summed E-state index contributed by atoms with van der Waals surface area (Å²) in [5.41, 5.74) is -0.264. The third-order valence-corrected chi connectivity index (χ3v) is 3.80. The molecule has 0 amide bonds. The van der Waals surface area contributed by atoms with Crippen molar-refractivity contribution in [3.63, 3.8) is 0 Å². The zero-order valence-electron chi connectivity index (χ0n) is 12.0. The van der Waals surface area contributed by atoms with Gasteiger partial charge in [-0.25, -0.2) is 9.78 Å². The summed E-state index contributed by atoms with van der Waals surface area (Å²) in [5, 5.41) is 0.493. The topological polar surface area (TPSA) is 99.0 Å². The molecule has 0 aliphatic carbocycles. The van der Waals surface area contributed by atoms with Gasteiger partial charge in [0.2, 0.25) is 0 Å². The van der Waals surface area contributed by atoms with E-state index >= 15 is 0 Å². The average molecular weight is 312 g/mol. The number of aromatic nitrogens is 4. The fourth-order valence-electron chi connectivity index (χ4n) is 1.84. The van der Waals surface area contributed by atoms with Crippen LogP contribution in [0.5, 0.6) is 0 Å². The van der Waals surface area contributed by atoms with Crippen molar-refractivity contribution < 1.29 is 9.53 Å². The SMILES string of the molecule is CCOC(=O)CCSc1nc2c([nH]1)c(=O)n(C)c(=O)n2C. The second-order valence-electron chi connectivity index (χ2n) is 4.35. The summed E-state index contributed by atoms with van der Waals surface area (Å²) < 4.78 is 7.16. The number of nitrogens with one attached hydrogen (secondary N) is 1. The van der Waals surface area contributed by atoms with Gasteiger partial charge in [-0.05, 0) is 6.92 Å². The Labute approximate surface area is 124 Å². The van der Waals surface area contributed by atoms with E-state index in [0.717, 1.165) is 4.57 Å². The first-order chi connectivity index (χ1) is 9.95. The van der Waals surface area contributed by atoms with Crippen LogP contribution < -0.4 is 11.2 Å². The molecule has 2 rings (SSSR count). The Morgan fingerprint density at radius 1 is 1.33 bits per heavy atom. The van der Waals surface area contributed by atoms with Crippen LogP contribution >= 0.6 is 11.8 Å². The quantitative estimate of drug-likeness (QED) is 0.616. The number of fused-ring (bicyclic) bond motifs is 1. The Bertz CT molecular complexity index is 789. The molecule has 0 bridgehead atoms. The Morgan fingerprint density at radius 2 is 2.05 bits per heavy atom. The highest BCUT2D eigenvalue weighted by atomic mass is 32.2. The van der Waals surface area contributed by atoms with Crippen LogP contribution in [-0.4, -0.2) is 37.4 Å². The van der Waals surface area contributed by atoms with Crippen molar-refractivity contribution in [3.05, 3.63) is 20.8 Å². The third-order valence-electron chi connectivity index (χ3n) is 2.92. The maximum absolute atomic E-state index is 12.0. The van der Waals surface area contributed by atoms with E-state index in [4.69, 9.17) is 4.74 Å². The number of thioether (sulfide) groups is 1. The number of aromatic amines is 1. The van der Waals surface area contributed by atoms with Gasteiger partial charge in [-0.2, -0.15) is 0 Å². The number of carbonyl (C=O) groups excluding carboxylic acids is 1. The Balaban J connectivity index is 2.22. The van der Waals surface area contributed by atoms with Gasteiger partial charge in [0, 0.05) is 19.8 Å². The molecule has 2 aromatic rings. The second-order valence-corrected chi connectivity index (χ2v) is 5.43. The maximum atomic E-state index is 12.0. The smallest absolute Gasteiger partial charge is 0.332 e. The molecule has 2 heterocycles. The fourth-order valence-corrected chi connectivity index (χ4v) is 2.62. The second kappa shape index (κ2) is 6.17. The molecule has 0 fully saturated rings. The molecule has 0 aliphatic rings. The van der Waals surface area contributed by atoms with Gasteiger partial charge in [0.25, 0.3) is 5.56 Å². The number of hydrogen-bond acceptors (Lipinski definition) is 6. The predicted octanol–water partition coefficient (Wildman–Crippen LogP) is 0.00560. The van der Waals surface area contributed by atoms with E-state index in [2.05, 4.69) is 9.97 Å². The zero-order chi connectivity index (χ0) is 15.6. The first-order valence-electron chi connectivity index (χ1n) is 6.39. The predicted molar refractivity (Wildman–Crippen MR) is 78.5 cm³/mol. The molecule has 1 N–H and O–H groups in total. The Morgan fingerprint density at radius 3 is 2.71 bits per heavy atom.